The highest BCUT2D eigenvalue weighted by Crippen LogP contribution is 2.39. The van der Waals surface area contributed by atoms with E-state index in [0.29, 0.717) is 12.3 Å². The molecule has 0 saturated heterocycles. The molecule has 2 aliphatic carbocycles. The summed E-state index contributed by atoms with van der Waals surface area (Å²) < 4.78 is 28.0. The van der Waals surface area contributed by atoms with Gasteiger partial charge in [-0.3, -0.25) is 9.59 Å². The lowest BCUT2D eigenvalue weighted by molar-refractivity contribution is -0.122. The van der Waals surface area contributed by atoms with Crippen molar-refractivity contribution in [3.8, 4) is 0 Å². The molecule has 0 spiro atoms. The summed E-state index contributed by atoms with van der Waals surface area (Å²) in [5.74, 6) is 0.632. The van der Waals surface area contributed by atoms with Crippen molar-refractivity contribution in [1.29, 1.82) is 0 Å². The summed E-state index contributed by atoms with van der Waals surface area (Å²) in [5, 5.41) is 3.05. The van der Waals surface area contributed by atoms with Gasteiger partial charge in [-0.2, -0.15) is 0 Å². The predicted octanol–water partition coefficient (Wildman–Crippen LogP) is 2.74. The molecule has 3 aliphatic rings. The van der Waals surface area contributed by atoms with Crippen LogP contribution in [-0.4, -0.2) is 38.9 Å². The Hall–Kier alpha value is -1.93. The van der Waals surface area contributed by atoms with Gasteiger partial charge in [0.1, 0.15) is 0 Å². The fourth-order valence-electron chi connectivity index (χ4n) is 4.83. The number of nitrogens with one attached hydrogen (secondary N) is 2. The topological polar surface area (TPSA) is 95.6 Å². The van der Waals surface area contributed by atoms with Gasteiger partial charge >= 0.3 is 0 Å². The van der Waals surface area contributed by atoms with Gasteiger partial charge in [0, 0.05) is 36.7 Å². The van der Waals surface area contributed by atoms with Gasteiger partial charge in [0.2, 0.25) is 21.8 Å². The number of benzene rings is 1. The molecule has 8 heteroatoms. The van der Waals surface area contributed by atoms with Gasteiger partial charge in [0.25, 0.3) is 0 Å². The molecule has 0 aromatic heterocycles. The van der Waals surface area contributed by atoms with E-state index in [0.717, 1.165) is 43.4 Å². The molecule has 31 heavy (non-hydrogen) atoms. The number of anilines is 1. The van der Waals surface area contributed by atoms with Crippen molar-refractivity contribution in [1.82, 2.24) is 10.0 Å². The van der Waals surface area contributed by atoms with E-state index in [-0.39, 0.29) is 47.7 Å². The summed E-state index contributed by atoms with van der Waals surface area (Å²) in [4.78, 5) is 26.8. The first-order chi connectivity index (χ1) is 14.8. The maximum atomic E-state index is 12.7. The van der Waals surface area contributed by atoms with Crippen LogP contribution in [0.1, 0.15) is 64.4 Å². The molecule has 7 nitrogen and oxygen atoms in total. The zero-order valence-corrected chi connectivity index (χ0v) is 19.2. The lowest BCUT2D eigenvalue weighted by Crippen LogP contribution is -2.42. The Bertz CT molecular complexity index is 958. The van der Waals surface area contributed by atoms with Crippen molar-refractivity contribution in [2.24, 2.45) is 11.8 Å². The quantitative estimate of drug-likeness (QED) is 0.672. The second-order valence-corrected chi connectivity index (χ2v) is 11.2. The molecule has 1 aromatic rings. The molecule has 1 heterocycles. The van der Waals surface area contributed by atoms with E-state index >= 15 is 0 Å². The summed E-state index contributed by atoms with van der Waals surface area (Å²) in [7, 11) is -3.71. The second kappa shape index (κ2) is 8.90. The minimum atomic E-state index is -3.71. The van der Waals surface area contributed by atoms with Crippen molar-refractivity contribution in [3.05, 3.63) is 23.8 Å². The summed E-state index contributed by atoms with van der Waals surface area (Å²) in [6.07, 6.45) is 7.11. The van der Waals surface area contributed by atoms with E-state index in [2.05, 4.69) is 17.0 Å². The Morgan fingerprint density at radius 3 is 2.55 bits per heavy atom. The van der Waals surface area contributed by atoms with Gasteiger partial charge in [-0.25, -0.2) is 13.1 Å². The molecule has 1 aliphatic heterocycles. The molecule has 170 valence electrons. The van der Waals surface area contributed by atoms with Gasteiger partial charge in [-0.1, -0.05) is 19.8 Å². The van der Waals surface area contributed by atoms with Gasteiger partial charge in [0.05, 0.1) is 4.90 Å². The molecule has 0 unspecified atom stereocenters. The number of hydrogen-bond acceptors (Lipinski definition) is 4. The van der Waals surface area contributed by atoms with Crippen LogP contribution in [-0.2, 0) is 26.0 Å². The Morgan fingerprint density at radius 2 is 1.84 bits per heavy atom. The summed E-state index contributed by atoms with van der Waals surface area (Å²) >= 11 is 0. The highest BCUT2D eigenvalue weighted by molar-refractivity contribution is 7.89. The zero-order chi connectivity index (χ0) is 22.2. The van der Waals surface area contributed by atoms with Crippen LogP contribution in [0.4, 0.5) is 5.69 Å². The van der Waals surface area contributed by atoms with Gasteiger partial charge in [-0.05, 0) is 68.7 Å². The number of nitrogens with zero attached hydrogens (tertiary/aromatic N) is 1. The standard InChI is InChI=1S/C23H33N3O4S/c1-15-5-3-4-6-20(15)25-22(27)11-12-24-31(29,30)19-9-10-21-18(14-19)13-16(2)26(21)23(28)17-7-8-17/h9-10,14-17,20,24H,3-8,11-13H2,1-2H3,(H,25,27)/t15-,16-,20+/m1/s1. The Kier molecular flexibility index (Phi) is 6.40. The second-order valence-electron chi connectivity index (χ2n) is 9.41. The molecule has 2 amide bonds. The third-order valence-electron chi connectivity index (χ3n) is 6.84. The van der Waals surface area contributed by atoms with Crippen LogP contribution in [0.2, 0.25) is 0 Å². The van der Waals surface area contributed by atoms with Crippen molar-refractivity contribution >= 4 is 27.5 Å². The molecule has 3 atom stereocenters. The molecule has 0 bridgehead atoms. The monoisotopic (exact) mass is 447 g/mol. The van der Waals surface area contributed by atoms with Crippen molar-refractivity contribution in [3.63, 3.8) is 0 Å². The smallest absolute Gasteiger partial charge is 0.240 e. The third-order valence-corrected chi connectivity index (χ3v) is 8.30. The van der Waals surface area contributed by atoms with E-state index in [4.69, 9.17) is 0 Å². The van der Waals surface area contributed by atoms with Crippen molar-refractivity contribution < 1.29 is 18.0 Å². The van der Waals surface area contributed by atoms with E-state index in [1.165, 1.54) is 6.42 Å². The van der Waals surface area contributed by atoms with Crippen LogP contribution in [0.25, 0.3) is 0 Å². The molecule has 2 fully saturated rings. The van der Waals surface area contributed by atoms with Gasteiger partial charge < -0.3 is 10.2 Å². The SMILES string of the molecule is C[C@@H]1CCCC[C@@H]1NC(=O)CCNS(=O)(=O)c1ccc2c(c1)C[C@@H](C)N2C(=O)C1CC1. The zero-order valence-electron chi connectivity index (χ0n) is 18.4. The minimum absolute atomic E-state index is 0.0416. The number of fused-ring (bicyclic) bond motifs is 1. The van der Waals surface area contributed by atoms with Crippen LogP contribution in [0.15, 0.2) is 23.1 Å². The lowest BCUT2D eigenvalue weighted by atomic mass is 9.86. The lowest BCUT2D eigenvalue weighted by Gasteiger charge is -2.29. The van der Waals surface area contributed by atoms with Crippen molar-refractivity contribution in [2.45, 2.75) is 82.2 Å². The molecule has 0 radical (unpaired) electrons. The Labute approximate surface area is 185 Å². The highest BCUT2D eigenvalue weighted by atomic mass is 32.2. The van der Waals surface area contributed by atoms with E-state index < -0.39 is 10.0 Å². The highest BCUT2D eigenvalue weighted by Gasteiger charge is 2.39. The van der Waals surface area contributed by atoms with E-state index in [1.54, 1.807) is 18.2 Å². The van der Waals surface area contributed by atoms with Crippen molar-refractivity contribution in [2.75, 3.05) is 11.4 Å². The number of rotatable bonds is 7. The minimum Gasteiger partial charge on any atom is -0.353 e. The van der Waals surface area contributed by atoms with Crippen LogP contribution >= 0.6 is 0 Å². The largest absolute Gasteiger partial charge is 0.353 e. The first-order valence-electron chi connectivity index (χ1n) is 11.5. The summed E-state index contributed by atoms with van der Waals surface area (Å²) in [6, 6.07) is 5.19. The molecule has 4 rings (SSSR count). The first kappa shape index (κ1) is 22.3. The fraction of sp³-hybridized carbons (Fsp3) is 0.652. The predicted molar refractivity (Wildman–Crippen MR) is 119 cm³/mol. The molecular weight excluding hydrogens is 414 g/mol. The van der Waals surface area contributed by atoms with Crippen LogP contribution < -0.4 is 14.9 Å². The Morgan fingerprint density at radius 1 is 1.10 bits per heavy atom. The Balaban J connectivity index is 1.34. The number of carbonyl (C=O) groups is 2. The van der Waals surface area contributed by atoms with E-state index in [9.17, 15) is 18.0 Å². The average Bonchev–Trinajstić information content (AvgIpc) is 3.51. The van der Waals surface area contributed by atoms with Crippen LogP contribution in [0.3, 0.4) is 0 Å². The molecular formula is C23H33N3O4S. The number of hydrogen-bond donors (Lipinski definition) is 2. The number of carbonyl (C=O) groups excluding carboxylic acids is 2. The average molecular weight is 448 g/mol. The molecule has 1 aromatic carbocycles. The number of sulfonamides is 1. The molecule has 2 N–H and O–H groups in total. The summed E-state index contributed by atoms with van der Waals surface area (Å²) in [6.45, 7) is 4.22. The summed E-state index contributed by atoms with van der Waals surface area (Å²) in [5.41, 5.74) is 1.71. The van der Waals surface area contributed by atoms with Crippen LogP contribution in [0.5, 0.6) is 0 Å². The third kappa shape index (κ3) is 4.95. The van der Waals surface area contributed by atoms with E-state index in [1.807, 2.05) is 11.8 Å². The van der Waals surface area contributed by atoms with Gasteiger partial charge in [-0.15, -0.1) is 0 Å². The fourth-order valence-corrected chi connectivity index (χ4v) is 5.91. The first-order valence-corrected chi connectivity index (χ1v) is 13.0. The van der Waals surface area contributed by atoms with Gasteiger partial charge in [0.15, 0.2) is 0 Å². The van der Waals surface area contributed by atoms with Crippen LogP contribution in [0, 0.1) is 11.8 Å². The molecule has 2 saturated carbocycles. The number of amides is 2. The maximum Gasteiger partial charge on any atom is 0.240 e. The maximum absolute atomic E-state index is 12.7. The normalized spacial score (nSPS) is 25.9.